The summed E-state index contributed by atoms with van der Waals surface area (Å²) in [7, 11) is 0. The number of rotatable bonds is 14. The van der Waals surface area contributed by atoms with Gasteiger partial charge >= 0.3 is 0 Å². The third-order valence-electron chi connectivity index (χ3n) is 22.7. The Morgan fingerprint density at radius 2 is 0.403 bits per heavy atom. The smallest absolute Gasteiger partial charge is 0.165 e. The highest BCUT2D eigenvalue weighted by Crippen LogP contribution is 2.43. The van der Waals surface area contributed by atoms with E-state index in [4.69, 9.17) is 44.9 Å². The largest absolute Gasteiger partial charge is 0.355 e. The molecule has 13 heterocycles. The maximum Gasteiger partial charge on any atom is 0.165 e. The van der Waals surface area contributed by atoms with E-state index in [0.717, 1.165) is 144 Å². The minimum atomic E-state index is 0.539. The summed E-state index contributed by atoms with van der Waals surface area (Å²) in [5.41, 5.74) is 24.0. The molecule has 24 aromatic rings. The van der Waals surface area contributed by atoms with Gasteiger partial charge < -0.3 is 18.7 Å². The molecule has 1 N–H and O–H groups in total. The minimum Gasteiger partial charge on any atom is -0.355 e. The van der Waals surface area contributed by atoms with E-state index in [2.05, 4.69) is 273 Å². The van der Waals surface area contributed by atoms with Gasteiger partial charge in [-0.3, -0.25) is 29.9 Å². The Hall–Kier alpha value is -17.5. The first-order valence-corrected chi connectivity index (χ1v) is 40.6. The van der Waals surface area contributed by atoms with Gasteiger partial charge in [0.2, 0.25) is 0 Å². The monoisotopic (exact) mass is 1590 g/mol. The van der Waals surface area contributed by atoms with Crippen LogP contribution in [-0.2, 0) is 0 Å². The van der Waals surface area contributed by atoms with Crippen molar-refractivity contribution in [3.63, 3.8) is 0 Å². The quantitative estimate of drug-likeness (QED) is 0.107. The second-order valence-electron chi connectivity index (χ2n) is 30.2. The number of para-hydroxylation sites is 4. The Bertz CT molecular complexity index is 7790. The lowest BCUT2D eigenvalue weighted by Gasteiger charge is -2.12. The average Bonchev–Trinajstić information content (AvgIpc) is 1.78. The van der Waals surface area contributed by atoms with Crippen LogP contribution >= 0.6 is 0 Å². The van der Waals surface area contributed by atoms with Crippen molar-refractivity contribution < 1.29 is 0 Å². The zero-order chi connectivity index (χ0) is 82.0. The fourth-order valence-corrected chi connectivity index (χ4v) is 16.9. The predicted octanol–water partition coefficient (Wildman–Crippen LogP) is 23.6. The lowest BCUT2D eigenvalue weighted by molar-refractivity contribution is 1.06. The summed E-state index contributed by atoms with van der Waals surface area (Å²) in [6.45, 7) is 0. The molecule has 0 saturated carbocycles. The first kappa shape index (κ1) is 71.8. The topological polar surface area (TPSA) is 224 Å². The second kappa shape index (κ2) is 30.5. The molecule has 19 nitrogen and oxygen atoms in total. The molecule has 0 atom stereocenters. The van der Waals surface area contributed by atoms with Crippen LogP contribution in [0.1, 0.15) is 0 Å². The summed E-state index contributed by atoms with van der Waals surface area (Å²) in [6, 6.07) is 110. The molecule has 0 aliphatic rings. The Kier molecular flexibility index (Phi) is 17.7. The molecule has 0 aliphatic heterocycles. The summed E-state index contributed by atoms with van der Waals surface area (Å²) in [5.74, 6) is 4.96. The summed E-state index contributed by atoms with van der Waals surface area (Å²) in [6.07, 6.45) is 21.1. The third kappa shape index (κ3) is 13.1. The van der Waals surface area contributed by atoms with Crippen LogP contribution in [-0.4, -0.2) is 93.4 Å². The van der Waals surface area contributed by atoms with Crippen molar-refractivity contribution in [1.29, 1.82) is 0 Å². The zero-order valence-electron chi connectivity index (χ0n) is 66.0. The van der Waals surface area contributed by atoms with Crippen molar-refractivity contribution in [1.82, 2.24) is 93.4 Å². The third-order valence-corrected chi connectivity index (χ3v) is 22.7. The van der Waals surface area contributed by atoms with Crippen LogP contribution in [0.3, 0.4) is 0 Å². The lowest BCUT2D eigenvalue weighted by atomic mass is 10.0. The summed E-state index contributed by atoms with van der Waals surface area (Å²) in [4.78, 5) is 73.8. The Labute approximate surface area is 708 Å². The molecule has 0 unspecified atom stereocenters. The molecular formula is C105H65N19. The first-order valence-electron chi connectivity index (χ1n) is 40.6. The van der Waals surface area contributed by atoms with Crippen molar-refractivity contribution in [2.45, 2.75) is 0 Å². The number of hydrogen-bond acceptors (Lipinski definition) is 15. The molecule has 0 fully saturated rings. The van der Waals surface area contributed by atoms with Gasteiger partial charge in [0.25, 0.3) is 0 Å². The molecule has 11 aromatic carbocycles. The van der Waals surface area contributed by atoms with Crippen LogP contribution in [0.2, 0.25) is 0 Å². The summed E-state index contributed by atoms with van der Waals surface area (Å²) >= 11 is 0. The molecule has 19 heteroatoms. The van der Waals surface area contributed by atoms with Crippen molar-refractivity contribution in [3.8, 4) is 142 Å². The van der Waals surface area contributed by atoms with E-state index in [1.54, 1.807) is 74.4 Å². The molecule has 0 amide bonds. The molecule has 124 heavy (non-hydrogen) atoms. The van der Waals surface area contributed by atoms with Gasteiger partial charge in [0.15, 0.2) is 52.4 Å². The average molecular weight is 1590 g/mol. The van der Waals surface area contributed by atoms with Gasteiger partial charge in [0.1, 0.15) is 0 Å². The molecule has 24 rings (SSSR count). The van der Waals surface area contributed by atoms with Crippen molar-refractivity contribution >= 4 is 87.2 Å². The highest BCUT2D eigenvalue weighted by Gasteiger charge is 2.23. The van der Waals surface area contributed by atoms with Crippen LogP contribution in [0.5, 0.6) is 0 Å². The number of H-pyrrole nitrogens is 1. The van der Waals surface area contributed by atoms with Crippen molar-refractivity contribution in [3.05, 3.63) is 390 Å². The number of aromatic nitrogens is 19. The minimum absolute atomic E-state index is 0.539. The molecule has 0 saturated heterocycles. The first-order chi connectivity index (χ1) is 61.4. The van der Waals surface area contributed by atoms with Crippen molar-refractivity contribution in [2.24, 2.45) is 0 Å². The highest BCUT2D eigenvalue weighted by molar-refractivity contribution is 6.15. The SMILES string of the molecule is c1cncc(-c2nc(-c3cccnc3)nc(-c3cccc(-n4c5ccccc5c5cc(-c6ccc7[nH]c8ccccc8c7c6)ccc54)c3)n2)c1.c1cncc(-c2nc(-c3cccnc3)nc(-c3cccc(-n4c5ccccc5c5cc(-c6ccc7c(c6)c6ccccc6n7-c6cccc(-c7nc(-c8cccnc8)nc(-c8cccnc8)n7)c6)ccc54)c3)n2)c1. The van der Waals surface area contributed by atoms with Crippen LogP contribution in [0, 0.1) is 0 Å². The van der Waals surface area contributed by atoms with Gasteiger partial charge in [0.05, 0.1) is 33.1 Å². The van der Waals surface area contributed by atoms with Crippen LogP contribution in [0.4, 0.5) is 0 Å². The normalized spacial score (nSPS) is 11.5. The zero-order valence-corrected chi connectivity index (χ0v) is 66.0. The maximum absolute atomic E-state index is 4.99. The summed E-state index contributed by atoms with van der Waals surface area (Å²) < 4.78 is 6.97. The second-order valence-corrected chi connectivity index (χ2v) is 30.2. The summed E-state index contributed by atoms with van der Waals surface area (Å²) in [5, 5.41) is 9.47. The molecule has 0 aliphatic carbocycles. The number of fused-ring (bicyclic) bond motifs is 12. The van der Waals surface area contributed by atoms with Gasteiger partial charge in [-0.05, 0) is 204 Å². The molecule has 0 radical (unpaired) electrons. The van der Waals surface area contributed by atoms with Gasteiger partial charge in [-0.1, -0.05) is 133 Å². The van der Waals surface area contributed by atoms with E-state index in [9.17, 15) is 0 Å². The predicted molar refractivity (Wildman–Crippen MR) is 492 cm³/mol. The standard InChI is InChI=1S/C62H38N12.C43H27N7/c1-3-21-53-49(19-1)51-33-39(23-25-55(51)73(53)47-17-5-11-41(31-47)57-67-59(43-13-7-27-63-35-43)71-60(68-57)44-14-8-28-64-36-44)40-24-26-56-52(34-40)50-20-2-4-22-54(50)74(56)48-18-6-12-42(32-48)58-69-61(45-15-9-29-65-37-45)72-62(70-58)46-16-10-30-66-38-46;1-3-14-37-33(12-1)35-23-27(16-18-38(35)46-37)28-17-19-40-36(24-28)34-13-2-4-15-39(34)50(40)32-11-5-8-29(22-32)41-47-42(30-9-6-20-44-25-30)49-43(48-41)31-10-7-21-45-26-31/h1-38H;1-26,46H. The van der Waals surface area contributed by atoms with Crippen LogP contribution in [0.25, 0.3) is 229 Å². The van der Waals surface area contributed by atoms with E-state index in [0.29, 0.717) is 52.4 Å². The van der Waals surface area contributed by atoms with Gasteiger partial charge in [-0.2, -0.15) is 0 Å². The molecule has 0 bridgehead atoms. The van der Waals surface area contributed by atoms with E-state index in [-0.39, 0.29) is 0 Å². The number of benzene rings is 11. The van der Waals surface area contributed by atoms with Crippen molar-refractivity contribution in [2.75, 3.05) is 0 Å². The fourth-order valence-electron chi connectivity index (χ4n) is 16.9. The molecular weight excluding hydrogens is 1530 g/mol. The van der Waals surface area contributed by atoms with E-state index < -0.39 is 0 Å². The Morgan fingerprint density at radius 3 is 0.702 bits per heavy atom. The molecule has 13 aromatic heterocycles. The van der Waals surface area contributed by atoms with Gasteiger partial charge in [-0.25, -0.2) is 44.9 Å². The van der Waals surface area contributed by atoms with Gasteiger partial charge in [-0.15, -0.1) is 0 Å². The van der Waals surface area contributed by atoms with Gasteiger partial charge in [0, 0.05) is 196 Å². The number of aromatic amines is 1. The maximum atomic E-state index is 4.99. The lowest BCUT2D eigenvalue weighted by Crippen LogP contribution is -2.01. The van der Waals surface area contributed by atoms with E-state index in [1.807, 2.05) is 91.0 Å². The highest BCUT2D eigenvalue weighted by atomic mass is 15.1. The fraction of sp³-hybridized carbons (Fsp3) is 0. The van der Waals surface area contributed by atoms with E-state index in [1.165, 1.54) is 32.7 Å². The number of hydrogen-bond donors (Lipinski definition) is 1. The Morgan fingerprint density at radius 1 is 0.161 bits per heavy atom. The Balaban J connectivity index is 0.000000154. The molecule has 580 valence electrons. The van der Waals surface area contributed by atoms with Crippen LogP contribution < -0.4 is 0 Å². The van der Waals surface area contributed by atoms with Crippen LogP contribution in [0.15, 0.2) is 390 Å². The number of pyridine rings is 6. The number of nitrogens with zero attached hydrogens (tertiary/aromatic N) is 18. The molecule has 0 spiro atoms. The number of nitrogens with one attached hydrogen (secondary N) is 1. The van der Waals surface area contributed by atoms with E-state index >= 15 is 0 Å².